The van der Waals surface area contributed by atoms with E-state index in [2.05, 4.69) is 10.5 Å². The van der Waals surface area contributed by atoms with E-state index in [-0.39, 0.29) is 6.04 Å². The summed E-state index contributed by atoms with van der Waals surface area (Å²) in [6.45, 7) is 2.04. The standard InChI is InChI=1S/C9H12N4/c1-7-6-11-13(12-7)9-4-2-8(10)3-5-9/h2-7,12H,10H2,1H3. The zero-order valence-corrected chi connectivity index (χ0v) is 7.44. The van der Waals surface area contributed by atoms with Gasteiger partial charge in [-0.25, -0.2) is 5.43 Å². The van der Waals surface area contributed by atoms with E-state index in [1.54, 1.807) is 5.12 Å². The molecule has 13 heavy (non-hydrogen) atoms. The van der Waals surface area contributed by atoms with Crippen molar-refractivity contribution < 1.29 is 0 Å². The number of nitrogens with one attached hydrogen (secondary N) is 1. The molecule has 1 aliphatic heterocycles. The van der Waals surface area contributed by atoms with Crippen LogP contribution in [-0.4, -0.2) is 12.3 Å². The lowest BCUT2D eigenvalue weighted by molar-refractivity contribution is 0.669. The summed E-state index contributed by atoms with van der Waals surface area (Å²) >= 11 is 0. The van der Waals surface area contributed by atoms with E-state index in [9.17, 15) is 0 Å². The van der Waals surface area contributed by atoms with Crippen molar-refractivity contribution in [2.24, 2.45) is 5.10 Å². The van der Waals surface area contributed by atoms with Crippen LogP contribution in [0.5, 0.6) is 0 Å². The van der Waals surface area contributed by atoms with E-state index in [1.807, 2.05) is 37.4 Å². The smallest absolute Gasteiger partial charge is 0.0780 e. The third-order valence-corrected chi connectivity index (χ3v) is 1.87. The molecule has 1 aliphatic rings. The molecule has 0 fully saturated rings. The van der Waals surface area contributed by atoms with Gasteiger partial charge in [0.1, 0.15) is 0 Å². The van der Waals surface area contributed by atoms with Gasteiger partial charge in [-0.05, 0) is 31.2 Å². The Hall–Kier alpha value is -1.55. The molecular formula is C9H12N4. The average Bonchev–Trinajstić information content (AvgIpc) is 2.53. The van der Waals surface area contributed by atoms with Gasteiger partial charge in [0.05, 0.1) is 11.7 Å². The third-order valence-electron chi connectivity index (χ3n) is 1.87. The highest BCUT2D eigenvalue weighted by Gasteiger charge is 2.12. The summed E-state index contributed by atoms with van der Waals surface area (Å²) in [4.78, 5) is 0. The minimum atomic E-state index is 0.289. The summed E-state index contributed by atoms with van der Waals surface area (Å²) in [5.74, 6) is 0. The molecule has 0 aromatic heterocycles. The van der Waals surface area contributed by atoms with E-state index >= 15 is 0 Å². The molecule has 0 bridgehead atoms. The SMILES string of the molecule is CC1C=NN(c2ccc(N)cc2)N1. The molecule has 68 valence electrons. The van der Waals surface area contributed by atoms with Gasteiger partial charge < -0.3 is 5.73 Å². The van der Waals surface area contributed by atoms with Crippen molar-refractivity contribution in [1.82, 2.24) is 5.43 Å². The first-order chi connectivity index (χ1) is 6.25. The van der Waals surface area contributed by atoms with Crippen molar-refractivity contribution in [3.8, 4) is 0 Å². The van der Waals surface area contributed by atoms with Gasteiger partial charge in [-0.1, -0.05) is 0 Å². The van der Waals surface area contributed by atoms with E-state index in [1.165, 1.54) is 0 Å². The van der Waals surface area contributed by atoms with Crippen LogP contribution in [0.2, 0.25) is 0 Å². The summed E-state index contributed by atoms with van der Waals surface area (Å²) in [6.07, 6.45) is 1.86. The van der Waals surface area contributed by atoms with E-state index in [0.717, 1.165) is 11.4 Å². The molecule has 0 spiro atoms. The highest BCUT2D eigenvalue weighted by Crippen LogP contribution is 2.16. The first kappa shape index (κ1) is 8.07. The Kier molecular flexibility index (Phi) is 1.90. The summed E-state index contributed by atoms with van der Waals surface area (Å²) < 4.78 is 0. The lowest BCUT2D eigenvalue weighted by Crippen LogP contribution is -2.33. The topological polar surface area (TPSA) is 53.6 Å². The second kappa shape index (κ2) is 3.06. The molecule has 0 amide bonds. The Morgan fingerprint density at radius 1 is 1.38 bits per heavy atom. The quantitative estimate of drug-likeness (QED) is 0.627. The molecule has 0 aliphatic carbocycles. The molecule has 0 saturated carbocycles. The maximum atomic E-state index is 5.58. The van der Waals surface area contributed by atoms with Gasteiger partial charge in [-0.3, -0.25) is 0 Å². The molecule has 2 rings (SSSR count). The highest BCUT2D eigenvalue weighted by atomic mass is 15.7. The molecule has 1 aromatic rings. The number of hydrogen-bond acceptors (Lipinski definition) is 4. The van der Waals surface area contributed by atoms with Crippen LogP contribution in [0, 0.1) is 0 Å². The van der Waals surface area contributed by atoms with Gasteiger partial charge in [0.25, 0.3) is 0 Å². The van der Waals surface area contributed by atoms with Crippen LogP contribution in [0.1, 0.15) is 6.92 Å². The molecule has 4 nitrogen and oxygen atoms in total. The Bertz CT molecular complexity index is 317. The fourth-order valence-corrected chi connectivity index (χ4v) is 1.18. The van der Waals surface area contributed by atoms with Gasteiger partial charge >= 0.3 is 0 Å². The second-order valence-corrected chi connectivity index (χ2v) is 3.09. The fraction of sp³-hybridized carbons (Fsp3) is 0.222. The Labute approximate surface area is 77.0 Å². The second-order valence-electron chi connectivity index (χ2n) is 3.09. The molecule has 1 unspecified atom stereocenters. The predicted octanol–water partition coefficient (Wildman–Crippen LogP) is 0.968. The number of nitrogens with zero attached hydrogens (tertiary/aromatic N) is 2. The van der Waals surface area contributed by atoms with Crippen LogP contribution in [0.15, 0.2) is 29.4 Å². The van der Waals surface area contributed by atoms with Gasteiger partial charge in [0.15, 0.2) is 0 Å². The number of rotatable bonds is 1. The fourth-order valence-electron chi connectivity index (χ4n) is 1.18. The van der Waals surface area contributed by atoms with E-state index < -0.39 is 0 Å². The van der Waals surface area contributed by atoms with Crippen LogP contribution in [0.25, 0.3) is 0 Å². The van der Waals surface area contributed by atoms with Gasteiger partial charge in [-0.2, -0.15) is 10.2 Å². The summed E-state index contributed by atoms with van der Waals surface area (Å²) in [7, 11) is 0. The number of nitrogens with two attached hydrogens (primary N) is 1. The first-order valence-electron chi connectivity index (χ1n) is 4.21. The van der Waals surface area contributed by atoms with Crippen molar-refractivity contribution in [3.05, 3.63) is 24.3 Å². The molecule has 3 N–H and O–H groups in total. The zero-order chi connectivity index (χ0) is 9.26. The number of hydrazine groups is 1. The monoisotopic (exact) mass is 176 g/mol. The molecule has 4 heteroatoms. The maximum Gasteiger partial charge on any atom is 0.0780 e. The van der Waals surface area contributed by atoms with Crippen LogP contribution in [0.4, 0.5) is 11.4 Å². The van der Waals surface area contributed by atoms with Crippen molar-refractivity contribution in [2.45, 2.75) is 13.0 Å². The Morgan fingerprint density at radius 2 is 2.08 bits per heavy atom. The van der Waals surface area contributed by atoms with Crippen molar-refractivity contribution in [1.29, 1.82) is 0 Å². The Balaban J connectivity index is 2.18. The lowest BCUT2D eigenvalue weighted by atomic mass is 10.3. The van der Waals surface area contributed by atoms with E-state index in [4.69, 9.17) is 5.73 Å². The maximum absolute atomic E-state index is 5.58. The number of hydrazone groups is 1. The molecule has 1 heterocycles. The molecule has 1 atom stereocenters. The highest BCUT2D eigenvalue weighted by molar-refractivity contribution is 5.69. The van der Waals surface area contributed by atoms with E-state index in [0.29, 0.717) is 0 Å². The number of anilines is 2. The third kappa shape index (κ3) is 1.62. The average molecular weight is 176 g/mol. The largest absolute Gasteiger partial charge is 0.399 e. The molecular weight excluding hydrogens is 164 g/mol. The van der Waals surface area contributed by atoms with Crippen LogP contribution < -0.4 is 16.3 Å². The molecule has 1 aromatic carbocycles. The minimum Gasteiger partial charge on any atom is -0.399 e. The first-order valence-corrected chi connectivity index (χ1v) is 4.21. The predicted molar refractivity (Wildman–Crippen MR) is 54.4 cm³/mol. The number of nitrogen functional groups attached to an aromatic ring is 1. The van der Waals surface area contributed by atoms with Crippen LogP contribution in [-0.2, 0) is 0 Å². The van der Waals surface area contributed by atoms with Gasteiger partial charge in [0.2, 0.25) is 0 Å². The molecule has 0 radical (unpaired) electrons. The normalized spacial score (nSPS) is 21.0. The van der Waals surface area contributed by atoms with Crippen LogP contribution in [0.3, 0.4) is 0 Å². The van der Waals surface area contributed by atoms with Gasteiger partial charge in [-0.15, -0.1) is 0 Å². The van der Waals surface area contributed by atoms with Crippen molar-refractivity contribution >= 4 is 17.6 Å². The minimum absolute atomic E-state index is 0.289. The zero-order valence-electron chi connectivity index (χ0n) is 7.44. The lowest BCUT2D eigenvalue weighted by Gasteiger charge is -2.15. The number of hydrogen-bond donors (Lipinski definition) is 2. The molecule has 0 saturated heterocycles. The van der Waals surface area contributed by atoms with Crippen molar-refractivity contribution in [2.75, 3.05) is 10.9 Å². The van der Waals surface area contributed by atoms with Gasteiger partial charge in [0, 0.05) is 11.9 Å². The Morgan fingerprint density at radius 3 is 2.62 bits per heavy atom. The summed E-state index contributed by atoms with van der Waals surface area (Å²) in [5.41, 5.74) is 10.5. The summed E-state index contributed by atoms with van der Waals surface area (Å²) in [5, 5.41) is 5.91. The summed E-state index contributed by atoms with van der Waals surface area (Å²) in [6, 6.07) is 7.86. The number of benzene rings is 1. The van der Waals surface area contributed by atoms with Crippen molar-refractivity contribution in [3.63, 3.8) is 0 Å². The van der Waals surface area contributed by atoms with Crippen LogP contribution >= 0.6 is 0 Å².